The summed E-state index contributed by atoms with van der Waals surface area (Å²) in [4.78, 5) is 33.3. The number of aromatic nitrogens is 7. The molecule has 0 spiro atoms. The molecule has 0 radical (unpaired) electrons. The molecule has 70 heavy (non-hydrogen) atoms. The van der Waals surface area contributed by atoms with Crippen LogP contribution in [0.25, 0.3) is 112 Å². The molecule has 0 aliphatic heterocycles. The molecule has 0 fully saturated rings. The van der Waals surface area contributed by atoms with E-state index in [1.165, 1.54) is 11.5 Å². The fraction of sp³-hybridized carbons (Fsp3) is 0. The molecule has 0 aliphatic rings. The van der Waals surface area contributed by atoms with Crippen LogP contribution in [0.5, 0.6) is 5.75 Å². The van der Waals surface area contributed by atoms with Crippen LogP contribution in [0.1, 0.15) is 0 Å². The molecule has 12 aromatic rings. The van der Waals surface area contributed by atoms with Crippen molar-refractivity contribution in [2.45, 2.75) is 0 Å². The topological polar surface area (TPSA) is 113 Å². The van der Waals surface area contributed by atoms with Crippen molar-refractivity contribution in [1.29, 1.82) is 0 Å². The molecule has 9 heteroatoms. The molecule has 0 saturated carbocycles. The molecule has 3 aromatic heterocycles. The third-order valence-electron chi connectivity index (χ3n) is 11.8. The number of para-hydroxylation sites is 1. The Kier molecular flexibility index (Phi) is 13.2. The van der Waals surface area contributed by atoms with Crippen molar-refractivity contribution in [1.82, 2.24) is 34.9 Å². The van der Waals surface area contributed by atoms with Crippen molar-refractivity contribution in [2.24, 2.45) is 0 Å². The number of fused-ring (bicyclic) bond motifs is 2. The van der Waals surface area contributed by atoms with E-state index >= 15 is 0 Å². The number of nitrogens with zero attached hydrogens (tertiary/aromatic N) is 7. The molecule has 0 amide bonds. The maximum absolute atomic E-state index is 11.1. The summed E-state index contributed by atoms with van der Waals surface area (Å²) in [6, 6.07) is 79.2. The molecule has 3 heterocycles. The van der Waals surface area contributed by atoms with Crippen molar-refractivity contribution in [2.75, 3.05) is 0 Å². The van der Waals surface area contributed by atoms with Crippen LogP contribution in [-0.4, -0.2) is 34.9 Å². The van der Waals surface area contributed by atoms with E-state index in [1.807, 2.05) is 140 Å². The van der Waals surface area contributed by atoms with Crippen molar-refractivity contribution >= 4 is 21.7 Å². The Balaban J connectivity index is 0.000000416. The van der Waals surface area contributed by atoms with Crippen LogP contribution < -0.4 is 24.0 Å². The smallest absolute Gasteiger partial charge is 0.871 e. The number of pyridine rings is 1. The summed E-state index contributed by atoms with van der Waals surface area (Å²) in [7, 11) is 0. The van der Waals surface area contributed by atoms with Gasteiger partial charge in [0.1, 0.15) is 0 Å². The summed E-state index contributed by atoms with van der Waals surface area (Å²) in [5.41, 5.74) is 10.7. The summed E-state index contributed by atoms with van der Waals surface area (Å²) in [5, 5.41) is 14.4. The monoisotopic (exact) mass is 893 g/mol. The molecule has 0 atom stereocenters. The van der Waals surface area contributed by atoms with Crippen molar-refractivity contribution in [3.63, 3.8) is 0 Å². The van der Waals surface area contributed by atoms with Crippen molar-refractivity contribution in [3.05, 3.63) is 243 Å². The van der Waals surface area contributed by atoms with Gasteiger partial charge in [-0.1, -0.05) is 224 Å². The van der Waals surface area contributed by atoms with E-state index in [9.17, 15) is 5.11 Å². The predicted octanol–water partition coefficient (Wildman–Crippen LogP) is 10.9. The van der Waals surface area contributed by atoms with Gasteiger partial charge in [0.2, 0.25) is 0 Å². The number of rotatable bonds is 8. The van der Waals surface area contributed by atoms with Crippen LogP contribution in [0.3, 0.4) is 0 Å². The number of benzene rings is 9. The first-order valence-corrected chi connectivity index (χ1v) is 22.6. The molecular formula is C61H40LiN7O. The van der Waals surface area contributed by atoms with Gasteiger partial charge >= 0.3 is 18.9 Å². The van der Waals surface area contributed by atoms with Crippen LogP contribution in [0.15, 0.2) is 243 Å². The minimum absolute atomic E-state index is 0. The zero-order valence-corrected chi connectivity index (χ0v) is 38.1. The van der Waals surface area contributed by atoms with Crippen molar-refractivity contribution < 1.29 is 24.0 Å². The first-order valence-electron chi connectivity index (χ1n) is 22.6. The minimum Gasteiger partial charge on any atom is -0.871 e. The third kappa shape index (κ3) is 9.87. The fourth-order valence-corrected chi connectivity index (χ4v) is 8.18. The van der Waals surface area contributed by atoms with Gasteiger partial charge in [0.05, 0.1) is 5.52 Å². The molecule has 8 nitrogen and oxygen atoms in total. The third-order valence-corrected chi connectivity index (χ3v) is 11.8. The Morgan fingerprint density at radius 3 is 0.914 bits per heavy atom. The number of hydrogen-bond acceptors (Lipinski definition) is 8. The molecule has 0 bridgehead atoms. The van der Waals surface area contributed by atoms with E-state index in [4.69, 9.17) is 29.9 Å². The van der Waals surface area contributed by atoms with Gasteiger partial charge in [0.25, 0.3) is 0 Å². The summed E-state index contributed by atoms with van der Waals surface area (Å²) in [5.74, 6) is 3.85. The van der Waals surface area contributed by atoms with Gasteiger partial charge in [0.15, 0.2) is 34.9 Å². The van der Waals surface area contributed by atoms with E-state index in [1.54, 1.807) is 12.3 Å². The minimum atomic E-state index is -0.0110. The Labute approximate surface area is 417 Å². The Bertz CT molecular complexity index is 3390. The van der Waals surface area contributed by atoms with Gasteiger partial charge < -0.3 is 5.11 Å². The average molecular weight is 894 g/mol. The summed E-state index contributed by atoms with van der Waals surface area (Å²) in [6.45, 7) is 0. The van der Waals surface area contributed by atoms with Crippen LogP contribution >= 0.6 is 0 Å². The van der Waals surface area contributed by atoms with E-state index in [-0.39, 0.29) is 24.6 Å². The Morgan fingerprint density at radius 1 is 0.243 bits per heavy atom. The van der Waals surface area contributed by atoms with E-state index in [2.05, 4.69) is 89.9 Å². The molecular weight excluding hydrogens is 854 g/mol. The summed E-state index contributed by atoms with van der Waals surface area (Å²) in [6.07, 6.45) is 1.63. The normalized spacial score (nSPS) is 10.8. The van der Waals surface area contributed by atoms with Gasteiger partial charge in [-0.25, -0.2) is 29.9 Å². The van der Waals surface area contributed by atoms with Crippen molar-refractivity contribution in [3.8, 4) is 96.3 Å². The first-order chi connectivity index (χ1) is 34.1. The molecule has 326 valence electrons. The fourth-order valence-electron chi connectivity index (χ4n) is 8.18. The van der Waals surface area contributed by atoms with E-state index in [0.29, 0.717) is 40.5 Å². The molecule has 0 aliphatic carbocycles. The van der Waals surface area contributed by atoms with E-state index < -0.39 is 0 Å². The molecule has 0 N–H and O–H groups in total. The van der Waals surface area contributed by atoms with Gasteiger partial charge in [-0.3, -0.25) is 4.98 Å². The van der Waals surface area contributed by atoms with Gasteiger partial charge in [-0.15, -0.1) is 0 Å². The average Bonchev–Trinajstić information content (AvgIpc) is 3.44. The second kappa shape index (κ2) is 20.5. The Hall–Kier alpha value is -8.93. The summed E-state index contributed by atoms with van der Waals surface area (Å²) >= 11 is 0. The maximum Gasteiger partial charge on any atom is 1.00 e. The van der Waals surface area contributed by atoms with Gasteiger partial charge in [0, 0.05) is 39.6 Å². The van der Waals surface area contributed by atoms with Crippen LogP contribution in [-0.2, 0) is 0 Å². The molecule has 9 aromatic carbocycles. The SMILES string of the molecule is [Li+].[O-]c1cccc2cccnc12.c1ccc(-c2nc(-c3ccccc3)nc(-c3ccc(-c4ccc5ccc(-c6ccc(-c7nc(-c8ccccc8)nc(-c8ccccc8)n7)cc6)cc5c4)cc3)n2)cc1. The first kappa shape index (κ1) is 44.9. The largest absolute Gasteiger partial charge is 1.00 e. The van der Waals surface area contributed by atoms with Crippen LogP contribution in [0.2, 0.25) is 0 Å². The van der Waals surface area contributed by atoms with Gasteiger partial charge in [-0.2, -0.15) is 0 Å². The number of hydrogen-bond donors (Lipinski definition) is 0. The van der Waals surface area contributed by atoms with E-state index in [0.717, 1.165) is 66.4 Å². The molecule has 0 saturated heterocycles. The maximum atomic E-state index is 11.1. The molecule has 12 rings (SSSR count). The quantitative estimate of drug-likeness (QED) is 0.139. The van der Waals surface area contributed by atoms with Gasteiger partial charge in [-0.05, 0) is 56.6 Å². The zero-order chi connectivity index (χ0) is 46.4. The molecule has 0 unspecified atom stereocenters. The zero-order valence-electron chi connectivity index (χ0n) is 38.1. The second-order valence-electron chi connectivity index (χ2n) is 16.3. The Morgan fingerprint density at radius 2 is 0.557 bits per heavy atom. The summed E-state index contributed by atoms with van der Waals surface area (Å²) < 4.78 is 0. The standard InChI is InChI=1S/C52H34N6.C9H7NO.Li/c1-5-13-38(14-6-1)47-53-48(39-15-7-2-8-16-39)56-51(55-47)42-27-21-35(22-28-42)44-31-25-37-26-32-45(34-46(37)33-44)36-23-29-43(30-24-36)52-57-49(40-17-9-3-10-18-40)54-50(58-52)41-19-11-4-12-20-41;11-8-5-1-3-7-4-2-6-10-9(7)8;/h1-34H;1-6,11H;/q;;+1/p-1. The van der Waals surface area contributed by atoms with Crippen LogP contribution in [0.4, 0.5) is 0 Å². The van der Waals surface area contributed by atoms with Crippen LogP contribution in [0, 0.1) is 0 Å². The second-order valence-corrected chi connectivity index (χ2v) is 16.3. The predicted molar refractivity (Wildman–Crippen MR) is 275 cm³/mol.